The largest absolute Gasteiger partial charge is 0.494 e. The molecule has 2 aromatic carbocycles. The maximum Gasteiger partial charge on any atom is 0.339 e. The normalized spacial score (nSPS) is 11.4. The first-order chi connectivity index (χ1) is 11.1. The first kappa shape index (κ1) is 16.5. The van der Waals surface area contributed by atoms with E-state index in [-0.39, 0.29) is 5.91 Å². The molecular weight excluding hydrogens is 294 g/mol. The third-order valence-corrected chi connectivity index (χ3v) is 3.08. The summed E-state index contributed by atoms with van der Waals surface area (Å²) in [5.74, 6) is -0.365. The Morgan fingerprint density at radius 1 is 1.09 bits per heavy atom. The molecule has 0 saturated heterocycles. The molecule has 1 amide bonds. The highest BCUT2D eigenvalue weighted by Crippen LogP contribution is 2.15. The minimum absolute atomic E-state index is 0.343. The molecule has 1 N–H and O–H groups in total. The molecule has 1 atom stereocenters. The van der Waals surface area contributed by atoms with Crippen molar-refractivity contribution in [1.82, 2.24) is 0 Å². The Morgan fingerprint density at radius 2 is 1.83 bits per heavy atom. The zero-order valence-electron chi connectivity index (χ0n) is 13.1. The summed E-state index contributed by atoms with van der Waals surface area (Å²) >= 11 is 0. The van der Waals surface area contributed by atoms with Crippen LogP contribution in [0, 0.1) is 0 Å². The lowest BCUT2D eigenvalue weighted by atomic mass is 10.2. The van der Waals surface area contributed by atoms with Gasteiger partial charge in [0.15, 0.2) is 6.10 Å². The van der Waals surface area contributed by atoms with Crippen molar-refractivity contribution in [1.29, 1.82) is 0 Å². The Balaban J connectivity index is 1.96. The van der Waals surface area contributed by atoms with Crippen molar-refractivity contribution < 1.29 is 19.1 Å². The van der Waals surface area contributed by atoms with Gasteiger partial charge in [0.25, 0.3) is 5.91 Å². The monoisotopic (exact) mass is 313 g/mol. The molecule has 1 unspecified atom stereocenters. The van der Waals surface area contributed by atoms with Gasteiger partial charge in [0, 0.05) is 5.69 Å². The van der Waals surface area contributed by atoms with Crippen molar-refractivity contribution in [3.8, 4) is 5.75 Å². The Labute approximate surface area is 135 Å². The predicted molar refractivity (Wildman–Crippen MR) is 87.6 cm³/mol. The molecule has 0 bridgehead atoms. The van der Waals surface area contributed by atoms with E-state index in [1.54, 1.807) is 36.4 Å². The van der Waals surface area contributed by atoms with E-state index in [2.05, 4.69) is 5.32 Å². The number of benzene rings is 2. The third kappa shape index (κ3) is 4.85. The van der Waals surface area contributed by atoms with E-state index in [9.17, 15) is 9.59 Å². The van der Waals surface area contributed by atoms with Crippen LogP contribution >= 0.6 is 0 Å². The van der Waals surface area contributed by atoms with Crippen LogP contribution in [0.1, 0.15) is 24.2 Å². The van der Waals surface area contributed by atoms with Crippen LogP contribution in [0.15, 0.2) is 54.6 Å². The highest BCUT2D eigenvalue weighted by atomic mass is 16.5. The van der Waals surface area contributed by atoms with Gasteiger partial charge < -0.3 is 14.8 Å². The lowest BCUT2D eigenvalue weighted by Crippen LogP contribution is -2.30. The van der Waals surface area contributed by atoms with Gasteiger partial charge in [-0.3, -0.25) is 4.79 Å². The van der Waals surface area contributed by atoms with Crippen LogP contribution in [0.2, 0.25) is 0 Å². The summed E-state index contributed by atoms with van der Waals surface area (Å²) in [6.07, 6.45) is -0.904. The molecule has 0 aromatic heterocycles. The number of nitrogens with one attached hydrogen (secondary N) is 1. The maximum atomic E-state index is 12.1. The molecule has 0 aliphatic carbocycles. The van der Waals surface area contributed by atoms with Crippen LogP contribution in [0.3, 0.4) is 0 Å². The standard InChI is InChI=1S/C18H19NO4/c1-3-22-16-11-7-8-14(12-16)18(21)23-13(2)17(20)19-15-9-5-4-6-10-15/h4-13H,3H2,1-2H3,(H,19,20). The molecule has 0 fully saturated rings. The SMILES string of the molecule is CCOc1cccc(C(=O)OC(C)C(=O)Nc2ccccc2)c1. The first-order valence-corrected chi connectivity index (χ1v) is 7.40. The third-order valence-electron chi connectivity index (χ3n) is 3.08. The molecule has 2 rings (SSSR count). The molecule has 0 radical (unpaired) electrons. The van der Waals surface area contributed by atoms with Crippen LogP contribution in [-0.2, 0) is 9.53 Å². The van der Waals surface area contributed by atoms with Gasteiger partial charge in [-0.15, -0.1) is 0 Å². The van der Waals surface area contributed by atoms with Crippen molar-refractivity contribution in [2.45, 2.75) is 20.0 Å². The van der Waals surface area contributed by atoms with E-state index in [4.69, 9.17) is 9.47 Å². The average molecular weight is 313 g/mol. The molecule has 0 spiro atoms. The summed E-state index contributed by atoms with van der Waals surface area (Å²) in [6.45, 7) is 3.90. The summed E-state index contributed by atoms with van der Waals surface area (Å²) < 4.78 is 10.5. The fraction of sp³-hybridized carbons (Fsp3) is 0.222. The summed E-state index contributed by atoms with van der Waals surface area (Å²) in [6, 6.07) is 15.7. The van der Waals surface area contributed by atoms with Gasteiger partial charge in [0.2, 0.25) is 0 Å². The molecule has 23 heavy (non-hydrogen) atoms. The summed E-state index contributed by atoms with van der Waals surface area (Å²) in [5.41, 5.74) is 0.994. The van der Waals surface area contributed by atoms with Crippen molar-refractivity contribution in [3.05, 3.63) is 60.2 Å². The Hall–Kier alpha value is -2.82. The molecule has 0 aliphatic heterocycles. The van der Waals surface area contributed by atoms with Crippen molar-refractivity contribution in [2.75, 3.05) is 11.9 Å². The first-order valence-electron chi connectivity index (χ1n) is 7.40. The quantitative estimate of drug-likeness (QED) is 0.831. The number of ether oxygens (including phenoxy) is 2. The van der Waals surface area contributed by atoms with Crippen molar-refractivity contribution >= 4 is 17.6 Å². The molecule has 5 nitrogen and oxygen atoms in total. The van der Waals surface area contributed by atoms with E-state index in [1.165, 1.54) is 6.92 Å². The van der Waals surface area contributed by atoms with E-state index < -0.39 is 12.1 Å². The van der Waals surface area contributed by atoms with Gasteiger partial charge in [0.1, 0.15) is 5.75 Å². The van der Waals surface area contributed by atoms with E-state index >= 15 is 0 Å². The zero-order valence-corrected chi connectivity index (χ0v) is 13.1. The minimum atomic E-state index is -0.904. The minimum Gasteiger partial charge on any atom is -0.494 e. The number of amides is 1. The van der Waals surface area contributed by atoms with Crippen LogP contribution < -0.4 is 10.1 Å². The number of para-hydroxylation sites is 1. The van der Waals surface area contributed by atoms with Crippen molar-refractivity contribution in [2.24, 2.45) is 0 Å². The summed E-state index contributed by atoms with van der Waals surface area (Å²) in [7, 11) is 0. The summed E-state index contributed by atoms with van der Waals surface area (Å²) in [4.78, 5) is 24.1. The summed E-state index contributed by atoms with van der Waals surface area (Å²) in [5, 5.41) is 2.69. The van der Waals surface area contributed by atoms with Gasteiger partial charge in [-0.2, -0.15) is 0 Å². The second kappa shape index (κ2) is 7.98. The van der Waals surface area contributed by atoms with Gasteiger partial charge in [-0.25, -0.2) is 4.79 Å². The number of carbonyl (C=O) groups is 2. The maximum absolute atomic E-state index is 12.1. The van der Waals surface area contributed by atoms with E-state index in [0.717, 1.165) is 0 Å². The van der Waals surface area contributed by atoms with Gasteiger partial charge in [0.05, 0.1) is 12.2 Å². The molecule has 5 heteroatoms. The lowest BCUT2D eigenvalue weighted by Gasteiger charge is -2.14. The fourth-order valence-corrected chi connectivity index (χ4v) is 1.93. The number of hydrogen-bond donors (Lipinski definition) is 1. The Bertz CT molecular complexity index is 670. The van der Waals surface area contributed by atoms with E-state index in [1.807, 2.05) is 25.1 Å². The van der Waals surface area contributed by atoms with Crippen LogP contribution in [0.5, 0.6) is 5.75 Å². The molecule has 120 valence electrons. The molecule has 0 saturated carbocycles. The predicted octanol–water partition coefficient (Wildman–Crippen LogP) is 3.27. The molecule has 0 heterocycles. The number of esters is 1. The van der Waals surface area contributed by atoms with E-state index in [0.29, 0.717) is 23.6 Å². The van der Waals surface area contributed by atoms with Gasteiger partial charge in [-0.1, -0.05) is 24.3 Å². The van der Waals surface area contributed by atoms with Gasteiger partial charge >= 0.3 is 5.97 Å². The molecule has 2 aromatic rings. The number of rotatable bonds is 6. The van der Waals surface area contributed by atoms with Crippen LogP contribution in [0.25, 0.3) is 0 Å². The fourth-order valence-electron chi connectivity index (χ4n) is 1.93. The topological polar surface area (TPSA) is 64.6 Å². The highest BCUT2D eigenvalue weighted by Gasteiger charge is 2.19. The Kier molecular flexibility index (Phi) is 5.74. The average Bonchev–Trinajstić information content (AvgIpc) is 2.56. The number of hydrogen-bond acceptors (Lipinski definition) is 4. The lowest BCUT2D eigenvalue weighted by molar-refractivity contribution is -0.123. The Morgan fingerprint density at radius 3 is 2.52 bits per heavy atom. The van der Waals surface area contributed by atoms with Crippen LogP contribution in [-0.4, -0.2) is 24.6 Å². The smallest absolute Gasteiger partial charge is 0.339 e. The number of carbonyl (C=O) groups excluding carboxylic acids is 2. The second-order valence-electron chi connectivity index (χ2n) is 4.86. The molecular formula is C18H19NO4. The zero-order chi connectivity index (χ0) is 16.7. The molecule has 0 aliphatic rings. The highest BCUT2D eigenvalue weighted by molar-refractivity contribution is 5.97. The number of anilines is 1. The van der Waals surface area contributed by atoms with Crippen LogP contribution in [0.4, 0.5) is 5.69 Å². The second-order valence-corrected chi connectivity index (χ2v) is 4.86. The van der Waals surface area contributed by atoms with Gasteiger partial charge in [-0.05, 0) is 44.2 Å². The van der Waals surface area contributed by atoms with Crippen molar-refractivity contribution in [3.63, 3.8) is 0 Å².